The van der Waals surface area contributed by atoms with Crippen molar-refractivity contribution >= 4 is 11.6 Å². The number of hydrogen-bond acceptors (Lipinski definition) is 2. The summed E-state index contributed by atoms with van der Waals surface area (Å²) in [6.07, 6.45) is -4.35. The summed E-state index contributed by atoms with van der Waals surface area (Å²) in [5.41, 5.74) is -1.38. The van der Waals surface area contributed by atoms with Crippen molar-refractivity contribution in [3.63, 3.8) is 0 Å². The van der Waals surface area contributed by atoms with Crippen molar-refractivity contribution in [2.45, 2.75) is 52.5 Å². The summed E-state index contributed by atoms with van der Waals surface area (Å²) in [4.78, 5) is 3.86. The first-order valence-corrected chi connectivity index (χ1v) is 8.35. The molecule has 0 radical (unpaired) electrons. The molecule has 0 amide bonds. The first-order valence-electron chi connectivity index (χ1n) is 7.97. The fourth-order valence-corrected chi connectivity index (χ4v) is 2.27. The van der Waals surface area contributed by atoms with Gasteiger partial charge in [0.1, 0.15) is 5.82 Å². The molecule has 0 aliphatic rings. The number of halogens is 5. The molecular weight excluding hydrogens is 372 g/mol. The summed E-state index contributed by atoms with van der Waals surface area (Å²) in [6.45, 7) is 8.60. The molecule has 1 atom stereocenters. The van der Waals surface area contributed by atoms with E-state index in [1.165, 1.54) is 29.1 Å². The summed E-state index contributed by atoms with van der Waals surface area (Å²) < 4.78 is 61.4. The second-order valence-electron chi connectivity index (χ2n) is 7.55. The lowest BCUT2D eigenvalue weighted by molar-refractivity contribution is -0.269. The van der Waals surface area contributed by atoms with E-state index in [4.69, 9.17) is 16.3 Å². The summed E-state index contributed by atoms with van der Waals surface area (Å²) in [7, 11) is 0. The van der Waals surface area contributed by atoms with Crippen molar-refractivity contribution in [2.75, 3.05) is 0 Å². The minimum atomic E-state index is -4.69. The molecular formula is C18H21ClF4N2O. The maximum atomic E-state index is 13.8. The highest BCUT2D eigenvalue weighted by molar-refractivity contribution is 6.30. The third-order valence-corrected chi connectivity index (χ3v) is 4.89. The maximum Gasteiger partial charge on any atom is 0.421 e. The lowest BCUT2D eigenvalue weighted by Crippen LogP contribution is -2.43. The van der Waals surface area contributed by atoms with Crippen molar-refractivity contribution in [1.82, 2.24) is 9.55 Å². The van der Waals surface area contributed by atoms with E-state index in [9.17, 15) is 17.6 Å². The molecule has 0 saturated heterocycles. The second-order valence-corrected chi connectivity index (χ2v) is 7.96. The molecule has 3 nitrogen and oxygen atoms in total. The Hall–Kier alpha value is -1.60. The van der Waals surface area contributed by atoms with Crippen molar-refractivity contribution in [3.05, 3.63) is 47.3 Å². The molecule has 0 saturated carbocycles. The van der Waals surface area contributed by atoms with Crippen LogP contribution in [-0.4, -0.2) is 21.3 Å². The maximum absolute atomic E-state index is 13.8. The SMILES string of the molecule is CC(C)(C)C(C)(C)OC(c1nccn1-c1ccc(F)c(Cl)c1)C(F)(F)F. The van der Waals surface area contributed by atoms with E-state index >= 15 is 0 Å². The van der Waals surface area contributed by atoms with Crippen LogP contribution in [0.5, 0.6) is 0 Å². The van der Waals surface area contributed by atoms with Gasteiger partial charge in [0.05, 0.1) is 10.6 Å². The zero-order valence-electron chi connectivity index (χ0n) is 15.2. The molecule has 1 heterocycles. The monoisotopic (exact) mass is 392 g/mol. The Morgan fingerprint density at radius 1 is 1.12 bits per heavy atom. The number of nitrogens with zero attached hydrogens (tertiary/aromatic N) is 2. The van der Waals surface area contributed by atoms with Gasteiger partial charge in [0, 0.05) is 18.1 Å². The van der Waals surface area contributed by atoms with E-state index in [0.717, 1.165) is 6.07 Å². The third kappa shape index (κ3) is 4.20. The Morgan fingerprint density at radius 3 is 2.23 bits per heavy atom. The van der Waals surface area contributed by atoms with E-state index in [-0.39, 0.29) is 16.5 Å². The fourth-order valence-electron chi connectivity index (χ4n) is 2.10. The normalized spacial score (nSPS) is 14.5. The van der Waals surface area contributed by atoms with E-state index in [0.29, 0.717) is 0 Å². The minimum Gasteiger partial charge on any atom is -0.355 e. The third-order valence-electron chi connectivity index (χ3n) is 4.60. The molecule has 1 aromatic heterocycles. The van der Waals surface area contributed by atoms with Crippen LogP contribution in [0.2, 0.25) is 5.02 Å². The molecule has 1 unspecified atom stereocenters. The number of hydrogen-bond donors (Lipinski definition) is 0. The summed E-state index contributed by atoms with van der Waals surface area (Å²) >= 11 is 5.76. The van der Waals surface area contributed by atoms with Gasteiger partial charge in [-0.1, -0.05) is 32.4 Å². The summed E-state index contributed by atoms with van der Waals surface area (Å²) in [5.74, 6) is -1.01. The highest BCUT2D eigenvalue weighted by Gasteiger charge is 2.49. The van der Waals surface area contributed by atoms with Gasteiger partial charge in [-0.2, -0.15) is 13.2 Å². The first kappa shape index (κ1) is 20.7. The van der Waals surface area contributed by atoms with Crippen LogP contribution in [0.1, 0.15) is 46.5 Å². The van der Waals surface area contributed by atoms with Gasteiger partial charge >= 0.3 is 6.18 Å². The van der Waals surface area contributed by atoms with Crippen LogP contribution in [0.4, 0.5) is 17.6 Å². The molecule has 0 spiro atoms. The smallest absolute Gasteiger partial charge is 0.355 e. The minimum absolute atomic E-state index is 0.193. The molecule has 8 heteroatoms. The molecule has 0 N–H and O–H groups in total. The van der Waals surface area contributed by atoms with Crippen LogP contribution >= 0.6 is 11.6 Å². The molecule has 1 aromatic carbocycles. The highest BCUT2D eigenvalue weighted by Crippen LogP contribution is 2.43. The lowest BCUT2D eigenvalue weighted by Gasteiger charge is -2.41. The van der Waals surface area contributed by atoms with E-state index in [1.807, 2.05) is 0 Å². The average Bonchev–Trinajstić information content (AvgIpc) is 2.94. The van der Waals surface area contributed by atoms with Gasteiger partial charge in [-0.3, -0.25) is 0 Å². The molecule has 0 bridgehead atoms. The van der Waals surface area contributed by atoms with Gasteiger partial charge in [-0.25, -0.2) is 9.37 Å². The van der Waals surface area contributed by atoms with Gasteiger partial charge in [-0.15, -0.1) is 0 Å². The van der Waals surface area contributed by atoms with Crippen LogP contribution < -0.4 is 0 Å². The van der Waals surface area contributed by atoms with Crippen LogP contribution in [0.15, 0.2) is 30.6 Å². The number of alkyl halides is 3. The second kappa shape index (κ2) is 6.85. The Balaban J connectivity index is 2.52. The van der Waals surface area contributed by atoms with Crippen LogP contribution in [0, 0.1) is 11.2 Å². The molecule has 2 rings (SSSR count). The predicted molar refractivity (Wildman–Crippen MR) is 91.9 cm³/mol. The number of benzene rings is 1. The van der Waals surface area contributed by atoms with Crippen molar-refractivity contribution < 1.29 is 22.3 Å². The number of imidazole rings is 1. The van der Waals surface area contributed by atoms with Crippen molar-refractivity contribution in [3.8, 4) is 5.69 Å². The first-order chi connectivity index (χ1) is 11.7. The van der Waals surface area contributed by atoms with E-state index in [2.05, 4.69) is 4.98 Å². The van der Waals surface area contributed by atoms with E-state index < -0.39 is 29.1 Å². The summed E-state index contributed by atoms with van der Waals surface area (Å²) in [6, 6.07) is 3.66. The lowest BCUT2D eigenvalue weighted by atomic mass is 9.79. The van der Waals surface area contributed by atoms with Crippen molar-refractivity contribution in [2.24, 2.45) is 5.41 Å². The number of aromatic nitrogens is 2. The molecule has 0 aliphatic heterocycles. The van der Waals surface area contributed by atoms with Crippen LogP contribution in [0.25, 0.3) is 5.69 Å². The fraction of sp³-hybridized carbons (Fsp3) is 0.500. The predicted octanol–water partition coefficient (Wildman–Crippen LogP) is 6.11. The van der Waals surface area contributed by atoms with Crippen LogP contribution in [0.3, 0.4) is 0 Å². The standard InChI is InChI=1S/C18H21ClF4N2O/c1-16(2,3)17(4,5)26-14(18(21,22)23)15-24-8-9-25(15)11-6-7-13(20)12(19)10-11/h6-10,14H,1-5H3. The summed E-state index contributed by atoms with van der Waals surface area (Å²) in [5, 5.41) is -0.193. The van der Waals surface area contributed by atoms with Gasteiger partial charge in [-0.05, 0) is 37.5 Å². The number of ether oxygens (including phenoxy) is 1. The zero-order chi connectivity index (χ0) is 19.9. The quantitative estimate of drug-likeness (QED) is 0.587. The highest BCUT2D eigenvalue weighted by atomic mass is 35.5. The van der Waals surface area contributed by atoms with E-state index in [1.54, 1.807) is 34.6 Å². The number of rotatable bonds is 4. The average molecular weight is 393 g/mol. The Bertz CT molecular complexity index is 778. The topological polar surface area (TPSA) is 27.1 Å². The molecule has 0 aliphatic carbocycles. The van der Waals surface area contributed by atoms with Gasteiger partial charge in [0.25, 0.3) is 0 Å². The molecule has 0 fully saturated rings. The van der Waals surface area contributed by atoms with Gasteiger partial charge in [0.15, 0.2) is 5.82 Å². The Morgan fingerprint density at radius 2 is 1.73 bits per heavy atom. The Labute approximate surface area is 154 Å². The van der Waals surface area contributed by atoms with Crippen molar-refractivity contribution in [1.29, 1.82) is 0 Å². The molecule has 26 heavy (non-hydrogen) atoms. The van der Waals surface area contributed by atoms with Gasteiger partial charge < -0.3 is 9.30 Å². The zero-order valence-corrected chi connectivity index (χ0v) is 15.9. The Kier molecular flexibility index (Phi) is 5.46. The molecule has 2 aromatic rings. The molecule has 144 valence electrons. The van der Waals surface area contributed by atoms with Gasteiger partial charge in [0.2, 0.25) is 6.10 Å². The largest absolute Gasteiger partial charge is 0.421 e. The van der Waals surface area contributed by atoms with Crippen LogP contribution in [-0.2, 0) is 4.74 Å².